The molecule has 0 spiro atoms. The zero-order chi connectivity index (χ0) is 29.0. The van der Waals surface area contributed by atoms with Gasteiger partial charge in [-0.25, -0.2) is 9.59 Å². The lowest BCUT2D eigenvalue weighted by atomic mass is 9.77. The van der Waals surface area contributed by atoms with Crippen LogP contribution < -0.4 is 10.6 Å². The van der Waals surface area contributed by atoms with Crippen LogP contribution >= 0.6 is 0 Å². The Morgan fingerprint density at radius 2 is 1.43 bits per heavy atom. The molecule has 14 nitrogen and oxygen atoms in total. The molecule has 3 heterocycles. The fraction of sp³-hybridized carbons (Fsp3) is 0.615. The van der Waals surface area contributed by atoms with E-state index in [1.807, 2.05) is 0 Å². The molecule has 218 valence electrons. The van der Waals surface area contributed by atoms with Crippen molar-refractivity contribution < 1.29 is 48.1 Å². The molecule has 4 amide bonds. The number of likely N-dealkylation sites (tertiary alicyclic amines) is 2. The molecule has 1 saturated carbocycles. The van der Waals surface area contributed by atoms with Gasteiger partial charge in [-0.3, -0.25) is 19.2 Å². The van der Waals surface area contributed by atoms with Gasteiger partial charge in [-0.1, -0.05) is 12.8 Å². The van der Waals surface area contributed by atoms with E-state index in [0.29, 0.717) is 25.7 Å². The first kappa shape index (κ1) is 29.1. The summed E-state index contributed by atoms with van der Waals surface area (Å²) in [6.45, 7) is -0.273. The van der Waals surface area contributed by atoms with E-state index in [9.17, 15) is 39.0 Å². The second-order valence-corrected chi connectivity index (χ2v) is 10.5. The number of aliphatic carboxylic acids is 2. The van der Waals surface area contributed by atoms with E-state index in [1.165, 1.54) is 29.2 Å². The number of hydrogen-bond donors (Lipinski definition) is 4. The van der Waals surface area contributed by atoms with Crippen molar-refractivity contribution in [2.75, 3.05) is 26.8 Å². The van der Waals surface area contributed by atoms with Gasteiger partial charge in [0.1, 0.15) is 18.7 Å². The Morgan fingerprint density at radius 3 is 1.88 bits per heavy atom. The second-order valence-electron chi connectivity index (χ2n) is 10.5. The molecule has 1 aliphatic carbocycles. The number of hydrogen-bond acceptors (Lipinski definition) is 8. The van der Waals surface area contributed by atoms with Gasteiger partial charge in [0.2, 0.25) is 17.7 Å². The third-order valence-electron chi connectivity index (χ3n) is 7.86. The molecule has 3 aliphatic rings. The van der Waals surface area contributed by atoms with Crippen LogP contribution in [0.4, 0.5) is 0 Å². The number of methoxy groups -OCH3 is 1. The molecule has 0 bridgehead atoms. The first-order valence-corrected chi connectivity index (χ1v) is 13.3. The van der Waals surface area contributed by atoms with Crippen LogP contribution in [-0.2, 0) is 28.7 Å². The van der Waals surface area contributed by atoms with Crippen molar-refractivity contribution in [3.8, 4) is 0 Å². The summed E-state index contributed by atoms with van der Waals surface area (Å²) in [4.78, 5) is 78.4. The third kappa shape index (κ3) is 6.27. The Hall–Kier alpha value is -3.94. The summed E-state index contributed by atoms with van der Waals surface area (Å²) in [6.07, 6.45) is 3.36. The van der Waals surface area contributed by atoms with Crippen molar-refractivity contribution in [2.45, 2.75) is 62.7 Å². The van der Waals surface area contributed by atoms with Crippen molar-refractivity contribution in [2.24, 2.45) is 11.8 Å². The largest absolute Gasteiger partial charge is 0.480 e. The topological polar surface area (TPSA) is 196 Å². The standard InChI is InChI=1S/C26H34N4O10/c1-39-13-21(31)27-14-9-18(25(35)36)29(11-14)23(33)16-5-2-3-6-17(16)24(34)30-12-15(10-19(30)26(37)38)28-22(32)20-7-4-8-40-20/h4,7-8,14-19H,2-3,5-6,9-13H2,1H3,(H,27,31)(H,28,32)(H,35,36)(H,37,38)/t14-,15-,16+,17+,18-,19-/m0/s1. The molecular weight excluding hydrogens is 528 g/mol. The maximum Gasteiger partial charge on any atom is 0.326 e. The highest BCUT2D eigenvalue weighted by Gasteiger charge is 2.49. The predicted molar refractivity (Wildman–Crippen MR) is 135 cm³/mol. The highest BCUT2D eigenvalue weighted by molar-refractivity contribution is 5.94. The van der Waals surface area contributed by atoms with Crippen molar-refractivity contribution >= 4 is 35.6 Å². The van der Waals surface area contributed by atoms with E-state index < -0.39 is 71.6 Å². The molecule has 6 atom stereocenters. The van der Waals surface area contributed by atoms with Gasteiger partial charge < -0.3 is 39.8 Å². The van der Waals surface area contributed by atoms with Crippen LogP contribution in [0.15, 0.2) is 22.8 Å². The number of carbonyl (C=O) groups excluding carboxylic acids is 4. The normalized spacial score (nSPS) is 28.2. The molecule has 14 heteroatoms. The summed E-state index contributed by atoms with van der Waals surface area (Å²) in [5.41, 5.74) is 0. The zero-order valence-corrected chi connectivity index (χ0v) is 22.1. The number of rotatable bonds is 9. The average Bonchev–Trinajstić information content (AvgIpc) is 3.68. The summed E-state index contributed by atoms with van der Waals surface area (Å²) < 4.78 is 9.88. The molecule has 0 unspecified atom stereocenters. The van der Waals surface area contributed by atoms with E-state index >= 15 is 0 Å². The predicted octanol–water partition coefficient (Wildman–Crippen LogP) is -0.313. The number of carboxylic acid groups (broad SMARTS) is 2. The molecule has 1 aromatic heterocycles. The number of carbonyl (C=O) groups is 6. The number of nitrogens with one attached hydrogen (secondary N) is 2. The Balaban J connectivity index is 1.48. The quantitative estimate of drug-likeness (QED) is 0.310. The minimum Gasteiger partial charge on any atom is -0.480 e. The maximum absolute atomic E-state index is 13.8. The second kappa shape index (κ2) is 12.5. The number of ether oxygens (including phenoxy) is 1. The summed E-state index contributed by atoms with van der Waals surface area (Å²) in [7, 11) is 1.36. The van der Waals surface area contributed by atoms with Crippen LogP contribution in [0.1, 0.15) is 49.1 Å². The number of nitrogens with zero attached hydrogens (tertiary/aromatic N) is 2. The fourth-order valence-corrected chi connectivity index (χ4v) is 6.05. The average molecular weight is 563 g/mol. The Bertz CT molecular complexity index is 1140. The molecule has 0 radical (unpaired) electrons. The highest BCUT2D eigenvalue weighted by atomic mass is 16.5. The lowest BCUT2D eigenvalue weighted by Gasteiger charge is -2.36. The van der Waals surface area contributed by atoms with E-state index in [2.05, 4.69) is 10.6 Å². The fourth-order valence-electron chi connectivity index (χ4n) is 6.05. The molecule has 3 fully saturated rings. The first-order chi connectivity index (χ1) is 19.1. The maximum atomic E-state index is 13.8. The van der Waals surface area contributed by atoms with Crippen LogP contribution in [0.25, 0.3) is 0 Å². The molecule has 40 heavy (non-hydrogen) atoms. The highest BCUT2D eigenvalue weighted by Crippen LogP contribution is 2.36. The van der Waals surface area contributed by atoms with Gasteiger partial charge in [0.15, 0.2) is 5.76 Å². The minimum atomic E-state index is -1.22. The van der Waals surface area contributed by atoms with Crippen molar-refractivity contribution in [3.05, 3.63) is 24.2 Å². The molecule has 0 aromatic carbocycles. The van der Waals surface area contributed by atoms with Gasteiger partial charge in [0.25, 0.3) is 5.91 Å². The summed E-state index contributed by atoms with van der Waals surface area (Å²) in [6, 6.07) is -0.559. The van der Waals surface area contributed by atoms with Crippen LogP contribution in [0.5, 0.6) is 0 Å². The van der Waals surface area contributed by atoms with E-state index in [4.69, 9.17) is 9.15 Å². The Kier molecular flexibility index (Phi) is 9.07. The van der Waals surface area contributed by atoms with E-state index in [-0.39, 0.29) is 38.3 Å². The molecule has 2 aliphatic heterocycles. The number of carboxylic acids is 2. The number of furan rings is 1. The van der Waals surface area contributed by atoms with Gasteiger partial charge in [-0.15, -0.1) is 0 Å². The molecule has 4 N–H and O–H groups in total. The lowest BCUT2D eigenvalue weighted by molar-refractivity contribution is -0.156. The minimum absolute atomic E-state index is 0.00504. The van der Waals surface area contributed by atoms with Gasteiger partial charge in [-0.2, -0.15) is 0 Å². The summed E-state index contributed by atoms with van der Waals surface area (Å²) in [5, 5.41) is 25.0. The van der Waals surface area contributed by atoms with Crippen LogP contribution in [0.2, 0.25) is 0 Å². The molecule has 4 rings (SSSR count). The molecule has 1 aromatic rings. The van der Waals surface area contributed by atoms with E-state index in [1.54, 1.807) is 6.07 Å². The van der Waals surface area contributed by atoms with Crippen molar-refractivity contribution in [1.82, 2.24) is 20.4 Å². The summed E-state index contributed by atoms with van der Waals surface area (Å²) in [5.74, 6) is -6.00. The summed E-state index contributed by atoms with van der Waals surface area (Å²) >= 11 is 0. The molecule has 2 saturated heterocycles. The smallest absolute Gasteiger partial charge is 0.326 e. The zero-order valence-electron chi connectivity index (χ0n) is 22.1. The lowest BCUT2D eigenvalue weighted by Crippen LogP contribution is -2.51. The first-order valence-electron chi connectivity index (χ1n) is 13.3. The Labute approximate surface area is 230 Å². The van der Waals surface area contributed by atoms with Crippen LogP contribution in [0, 0.1) is 11.8 Å². The third-order valence-corrected chi connectivity index (χ3v) is 7.86. The number of amides is 4. The van der Waals surface area contributed by atoms with E-state index in [0.717, 1.165) is 0 Å². The van der Waals surface area contributed by atoms with Crippen LogP contribution in [-0.4, -0.2) is 107 Å². The van der Waals surface area contributed by atoms with Crippen LogP contribution in [0.3, 0.4) is 0 Å². The van der Waals surface area contributed by atoms with Crippen molar-refractivity contribution in [3.63, 3.8) is 0 Å². The molecular formula is C26H34N4O10. The van der Waals surface area contributed by atoms with Gasteiger partial charge in [0.05, 0.1) is 6.26 Å². The van der Waals surface area contributed by atoms with Gasteiger partial charge in [-0.05, 0) is 25.0 Å². The monoisotopic (exact) mass is 562 g/mol. The Morgan fingerprint density at radius 1 is 0.900 bits per heavy atom. The van der Waals surface area contributed by atoms with Gasteiger partial charge >= 0.3 is 11.9 Å². The van der Waals surface area contributed by atoms with Gasteiger partial charge in [0, 0.05) is 57.0 Å². The SMILES string of the molecule is COCC(=O)N[C@H]1C[C@@H](C(=O)O)N(C(=O)[C@@H]2CCCC[C@H]2C(=O)N2C[C@@H](NC(=O)c3ccco3)C[C@H]2C(=O)O)C1. The van der Waals surface area contributed by atoms with Crippen molar-refractivity contribution in [1.29, 1.82) is 0 Å².